The highest BCUT2D eigenvalue weighted by Gasteiger charge is 2.07. The Bertz CT molecular complexity index is 532. The first kappa shape index (κ1) is 13.3. The molecule has 0 N–H and O–H groups in total. The van der Waals surface area contributed by atoms with Crippen LogP contribution < -0.4 is 4.74 Å². The van der Waals surface area contributed by atoms with Gasteiger partial charge in [-0.2, -0.15) is 0 Å². The monoisotopic (exact) mass is 254 g/mol. The van der Waals surface area contributed by atoms with Crippen molar-refractivity contribution in [1.82, 2.24) is 0 Å². The van der Waals surface area contributed by atoms with Crippen LogP contribution in [0.25, 0.3) is 11.1 Å². The third-order valence-corrected chi connectivity index (χ3v) is 2.89. The van der Waals surface area contributed by atoms with E-state index in [0.717, 1.165) is 23.3 Å². The highest BCUT2D eigenvalue weighted by molar-refractivity contribution is 5.80. The molecule has 2 nitrogen and oxygen atoms in total. The third kappa shape index (κ3) is 3.68. The Morgan fingerprint density at radius 1 is 1.00 bits per heavy atom. The second-order valence-electron chi connectivity index (χ2n) is 4.44. The van der Waals surface area contributed by atoms with E-state index in [9.17, 15) is 4.79 Å². The fraction of sp³-hybridized carbons (Fsp3) is 0.235. The molecule has 0 saturated carbocycles. The molecule has 0 radical (unpaired) electrons. The number of benzene rings is 2. The van der Waals surface area contributed by atoms with Crippen molar-refractivity contribution in [1.29, 1.82) is 0 Å². The van der Waals surface area contributed by atoms with Gasteiger partial charge < -0.3 is 4.74 Å². The van der Waals surface area contributed by atoms with Gasteiger partial charge in [-0.3, -0.25) is 4.79 Å². The number of Topliss-reactive ketones (excluding diaryl/α,β-unsaturated/α-hetero) is 1. The van der Waals surface area contributed by atoms with Crippen molar-refractivity contribution in [3.8, 4) is 16.9 Å². The first-order chi connectivity index (χ1) is 9.31. The van der Waals surface area contributed by atoms with Gasteiger partial charge in [0.05, 0.1) is 0 Å². The summed E-state index contributed by atoms with van der Waals surface area (Å²) in [6.45, 7) is 2.15. The molecule has 2 aromatic rings. The Hall–Kier alpha value is -2.09. The van der Waals surface area contributed by atoms with Gasteiger partial charge in [0.15, 0.2) is 5.78 Å². The van der Waals surface area contributed by atoms with E-state index >= 15 is 0 Å². The predicted octanol–water partition coefficient (Wildman–Crippen LogP) is 4.10. The maximum absolute atomic E-state index is 11.5. The Labute approximate surface area is 114 Å². The molecule has 0 aliphatic rings. The number of rotatable bonds is 6. The van der Waals surface area contributed by atoms with Gasteiger partial charge in [0.25, 0.3) is 0 Å². The smallest absolute Gasteiger partial charge is 0.170 e. The molecule has 0 amide bonds. The van der Waals surface area contributed by atoms with Crippen LogP contribution in [0.5, 0.6) is 5.75 Å². The Morgan fingerprint density at radius 3 is 2.42 bits per heavy atom. The molecular formula is C17H18O2. The van der Waals surface area contributed by atoms with Crippen LogP contribution in [0.1, 0.15) is 19.8 Å². The van der Waals surface area contributed by atoms with Gasteiger partial charge in [-0.15, -0.1) is 0 Å². The summed E-state index contributed by atoms with van der Waals surface area (Å²) in [4.78, 5) is 11.5. The second-order valence-corrected chi connectivity index (χ2v) is 4.44. The summed E-state index contributed by atoms with van der Waals surface area (Å²) in [6.07, 6.45) is 1.44. The van der Waals surface area contributed by atoms with Crippen LogP contribution in [-0.2, 0) is 4.79 Å². The van der Waals surface area contributed by atoms with Gasteiger partial charge in [0.1, 0.15) is 12.4 Å². The molecular weight excluding hydrogens is 236 g/mol. The minimum atomic E-state index is 0.144. The van der Waals surface area contributed by atoms with E-state index in [2.05, 4.69) is 0 Å². The van der Waals surface area contributed by atoms with E-state index in [1.807, 2.05) is 61.5 Å². The van der Waals surface area contributed by atoms with Crippen LogP contribution >= 0.6 is 0 Å². The van der Waals surface area contributed by atoms with E-state index in [1.54, 1.807) is 0 Å². The zero-order chi connectivity index (χ0) is 13.5. The van der Waals surface area contributed by atoms with Crippen molar-refractivity contribution in [2.45, 2.75) is 19.8 Å². The minimum Gasteiger partial charge on any atom is -0.485 e. The summed E-state index contributed by atoms with van der Waals surface area (Å²) < 4.78 is 5.66. The highest BCUT2D eigenvalue weighted by Crippen LogP contribution is 2.29. The molecule has 98 valence electrons. The lowest BCUT2D eigenvalue weighted by Gasteiger charge is -2.10. The second kappa shape index (κ2) is 6.74. The summed E-state index contributed by atoms with van der Waals surface area (Å²) in [6, 6.07) is 17.9. The van der Waals surface area contributed by atoms with Crippen LogP contribution in [0.15, 0.2) is 54.6 Å². The van der Waals surface area contributed by atoms with Crippen molar-refractivity contribution in [2.75, 3.05) is 6.61 Å². The van der Waals surface area contributed by atoms with Crippen LogP contribution in [0, 0.1) is 0 Å². The average Bonchev–Trinajstić information content (AvgIpc) is 2.47. The molecule has 0 fully saturated rings. The number of ether oxygens (including phenoxy) is 1. The van der Waals surface area contributed by atoms with E-state index in [0.29, 0.717) is 6.42 Å². The lowest BCUT2D eigenvalue weighted by molar-refractivity contribution is -0.121. The summed E-state index contributed by atoms with van der Waals surface area (Å²) in [7, 11) is 0. The third-order valence-electron chi connectivity index (χ3n) is 2.89. The van der Waals surface area contributed by atoms with Gasteiger partial charge >= 0.3 is 0 Å². The molecule has 2 rings (SSSR count). The number of para-hydroxylation sites is 1. The summed E-state index contributed by atoms with van der Waals surface area (Å²) >= 11 is 0. The fourth-order valence-electron chi connectivity index (χ4n) is 1.96. The van der Waals surface area contributed by atoms with E-state index < -0.39 is 0 Å². The van der Waals surface area contributed by atoms with Gasteiger partial charge in [-0.25, -0.2) is 0 Å². The van der Waals surface area contributed by atoms with Gasteiger partial charge in [-0.1, -0.05) is 55.5 Å². The van der Waals surface area contributed by atoms with Gasteiger partial charge in [0.2, 0.25) is 0 Å². The lowest BCUT2D eigenvalue weighted by atomic mass is 10.1. The minimum absolute atomic E-state index is 0.144. The van der Waals surface area contributed by atoms with Gasteiger partial charge in [0, 0.05) is 12.0 Å². The quantitative estimate of drug-likeness (QED) is 0.775. The topological polar surface area (TPSA) is 26.3 Å². The SMILES string of the molecule is CCCC(=O)COc1ccccc1-c1ccccc1. The molecule has 0 unspecified atom stereocenters. The van der Waals surface area contributed by atoms with Crippen molar-refractivity contribution < 1.29 is 9.53 Å². The standard InChI is InChI=1S/C17H18O2/c1-2-8-15(18)13-19-17-12-7-6-11-16(17)14-9-4-3-5-10-14/h3-7,9-12H,2,8,13H2,1H3. The molecule has 2 aromatic carbocycles. The summed E-state index contributed by atoms with van der Waals surface area (Å²) in [5.41, 5.74) is 2.12. The number of carbonyl (C=O) groups is 1. The first-order valence-electron chi connectivity index (χ1n) is 6.60. The number of carbonyl (C=O) groups excluding carboxylic acids is 1. The fourth-order valence-corrected chi connectivity index (χ4v) is 1.96. The lowest BCUT2D eigenvalue weighted by Crippen LogP contribution is -2.10. The largest absolute Gasteiger partial charge is 0.485 e. The molecule has 0 aliphatic carbocycles. The Balaban J connectivity index is 2.15. The first-order valence-corrected chi connectivity index (χ1v) is 6.60. The van der Waals surface area contributed by atoms with Crippen molar-refractivity contribution in [2.24, 2.45) is 0 Å². The Kier molecular flexibility index (Phi) is 4.73. The molecule has 19 heavy (non-hydrogen) atoms. The molecule has 0 bridgehead atoms. The Morgan fingerprint density at radius 2 is 1.68 bits per heavy atom. The maximum atomic E-state index is 11.5. The molecule has 0 spiro atoms. The number of hydrogen-bond acceptors (Lipinski definition) is 2. The van der Waals surface area contributed by atoms with Crippen molar-refractivity contribution >= 4 is 5.78 Å². The van der Waals surface area contributed by atoms with E-state index in [-0.39, 0.29) is 12.4 Å². The number of hydrogen-bond donors (Lipinski definition) is 0. The van der Waals surface area contributed by atoms with E-state index in [4.69, 9.17) is 4.74 Å². The van der Waals surface area contributed by atoms with Crippen molar-refractivity contribution in [3.05, 3.63) is 54.6 Å². The molecule has 0 aromatic heterocycles. The molecule has 0 atom stereocenters. The van der Waals surface area contributed by atoms with Crippen molar-refractivity contribution in [3.63, 3.8) is 0 Å². The zero-order valence-electron chi connectivity index (χ0n) is 11.1. The van der Waals surface area contributed by atoms with Crippen LogP contribution in [0.4, 0.5) is 0 Å². The highest BCUT2D eigenvalue weighted by atomic mass is 16.5. The number of ketones is 1. The maximum Gasteiger partial charge on any atom is 0.170 e. The zero-order valence-corrected chi connectivity index (χ0v) is 11.1. The van der Waals surface area contributed by atoms with Gasteiger partial charge in [-0.05, 0) is 18.1 Å². The van der Waals surface area contributed by atoms with Crippen LogP contribution in [-0.4, -0.2) is 12.4 Å². The summed E-state index contributed by atoms with van der Waals surface area (Å²) in [5.74, 6) is 0.906. The summed E-state index contributed by atoms with van der Waals surface area (Å²) in [5, 5.41) is 0. The molecule has 0 heterocycles. The normalized spacial score (nSPS) is 10.2. The molecule has 0 aliphatic heterocycles. The molecule has 0 saturated heterocycles. The average molecular weight is 254 g/mol. The predicted molar refractivity (Wildman–Crippen MR) is 77.3 cm³/mol. The molecule has 2 heteroatoms. The van der Waals surface area contributed by atoms with Crippen LogP contribution in [0.2, 0.25) is 0 Å². The van der Waals surface area contributed by atoms with Crippen LogP contribution in [0.3, 0.4) is 0 Å². The van der Waals surface area contributed by atoms with E-state index in [1.165, 1.54) is 0 Å².